The number of hydrogen-bond acceptors (Lipinski definition) is 4. The molecule has 0 N–H and O–H groups in total. The minimum atomic E-state index is -1.21. The second-order valence-corrected chi connectivity index (χ2v) is 3.65. The number of carboxylic acid groups (broad SMARTS) is 1. The van der Waals surface area contributed by atoms with Gasteiger partial charge in [0, 0.05) is 11.6 Å². The number of methoxy groups -OCH3 is 2. The van der Waals surface area contributed by atoms with Crippen LogP contribution in [0.25, 0.3) is 6.08 Å². The smallest absolute Gasteiger partial charge is 0.545 e. The van der Waals surface area contributed by atoms with Crippen LogP contribution in [0.5, 0.6) is 11.5 Å². The molecule has 1 aromatic rings. The number of carbonyl (C=O) groups is 1. The van der Waals surface area contributed by atoms with Crippen molar-refractivity contribution in [3.63, 3.8) is 0 Å². The third-order valence-electron chi connectivity index (χ3n) is 2.31. The van der Waals surface area contributed by atoms with Gasteiger partial charge in [0.1, 0.15) is 11.5 Å². The zero-order valence-electron chi connectivity index (χ0n) is 11.6. The van der Waals surface area contributed by atoms with Gasteiger partial charge < -0.3 is 19.4 Å². The third-order valence-corrected chi connectivity index (χ3v) is 2.31. The summed E-state index contributed by atoms with van der Waals surface area (Å²) in [7, 11) is 3.15. The molecule has 19 heavy (non-hydrogen) atoms. The van der Waals surface area contributed by atoms with Crippen LogP contribution in [0.15, 0.2) is 35.9 Å². The molecule has 0 aromatic heterocycles. The van der Waals surface area contributed by atoms with Crippen LogP contribution in [-0.2, 0) is 4.79 Å². The predicted molar refractivity (Wildman–Crippen MR) is 67.3 cm³/mol. The first kappa shape index (κ1) is 17.8. The molecule has 0 unspecified atom stereocenters. The van der Waals surface area contributed by atoms with Gasteiger partial charge in [0.25, 0.3) is 0 Å². The normalized spacial score (nSPS) is 11.0. The summed E-state index contributed by atoms with van der Waals surface area (Å²) in [5.74, 6) is 0.150. The molecule has 1 rings (SSSR count). The van der Waals surface area contributed by atoms with Crippen LogP contribution in [0.1, 0.15) is 12.5 Å². The van der Waals surface area contributed by atoms with E-state index in [-0.39, 0.29) is 29.6 Å². The first-order valence-electron chi connectivity index (χ1n) is 5.36. The van der Waals surface area contributed by atoms with Crippen LogP contribution in [-0.4, -0.2) is 20.2 Å². The van der Waals surface area contributed by atoms with Crippen LogP contribution in [0.2, 0.25) is 0 Å². The van der Waals surface area contributed by atoms with Gasteiger partial charge in [0.15, 0.2) is 0 Å². The van der Waals surface area contributed by atoms with Gasteiger partial charge in [-0.1, -0.05) is 12.2 Å². The van der Waals surface area contributed by atoms with E-state index in [9.17, 15) is 9.90 Å². The molecule has 0 radical (unpaired) electrons. The molecule has 0 spiro atoms. The summed E-state index contributed by atoms with van der Waals surface area (Å²) in [5, 5.41) is 10.4. The number of aliphatic carboxylic acids is 1. The van der Waals surface area contributed by atoms with Crippen molar-refractivity contribution >= 4 is 12.0 Å². The fourth-order valence-electron chi connectivity index (χ4n) is 1.41. The summed E-state index contributed by atoms with van der Waals surface area (Å²) in [6.07, 6.45) is 4.49. The summed E-state index contributed by atoms with van der Waals surface area (Å²) >= 11 is 0. The van der Waals surface area contributed by atoms with Gasteiger partial charge >= 0.3 is 29.6 Å². The van der Waals surface area contributed by atoms with Crippen molar-refractivity contribution in [3.05, 3.63) is 41.5 Å². The summed E-state index contributed by atoms with van der Waals surface area (Å²) in [4.78, 5) is 10.4. The van der Waals surface area contributed by atoms with Crippen LogP contribution >= 0.6 is 0 Å². The SMILES string of the molecule is COc1ccc(C=CC(C)=CC(=O)[O-])c(OC)c1.[Na+]. The number of allylic oxidation sites excluding steroid dienone is 2. The van der Waals surface area contributed by atoms with Crippen molar-refractivity contribution in [2.75, 3.05) is 14.2 Å². The maximum atomic E-state index is 10.4. The molecule has 0 atom stereocenters. The summed E-state index contributed by atoms with van der Waals surface area (Å²) in [6.45, 7) is 1.68. The average molecular weight is 270 g/mol. The van der Waals surface area contributed by atoms with E-state index in [4.69, 9.17) is 9.47 Å². The third kappa shape index (κ3) is 5.96. The second-order valence-electron chi connectivity index (χ2n) is 3.65. The van der Waals surface area contributed by atoms with Crippen LogP contribution in [0, 0.1) is 0 Å². The molecular weight excluding hydrogens is 255 g/mol. The number of carbonyl (C=O) groups excluding carboxylic acids is 1. The quantitative estimate of drug-likeness (QED) is 0.368. The van der Waals surface area contributed by atoms with E-state index < -0.39 is 5.97 Å². The zero-order chi connectivity index (χ0) is 13.5. The Balaban J connectivity index is 0.00000324. The Bertz CT molecular complexity index is 492. The molecule has 5 heteroatoms. The largest absolute Gasteiger partial charge is 1.00 e. The van der Waals surface area contributed by atoms with E-state index in [1.807, 2.05) is 6.07 Å². The fraction of sp³-hybridized carbons (Fsp3) is 0.214. The molecule has 0 fully saturated rings. The van der Waals surface area contributed by atoms with Gasteiger partial charge in [-0.3, -0.25) is 0 Å². The molecular formula is C14H15NaO4. The maximum Gasteiger partial charge on any atom is 1.00 e. The average Bonchev–Trinajstić information content (AvgIpc) is 2.35. The Labute approximate surface area is 135 Å². The summed E-state index contributed by atoms with van der Waals surface area (Å²) < 4.78 is 10.3. The van der Waals surface area contributed by atoms with E-state index in [1.165, 1.54) is 0 Å². The minimum absolute atomic E-state index is 0. The number of benzene rings is 1. The van der Waals surface area contributed by atoms with E-state index in [0.29, 0.717) is 17.1 Å². The van der Waals surface area contributed by atoms with Crippen LogP contribution in [0.3, 0.4) is 0 Å². The maximum absolute atomic E-state index is 10.4. The minimum Gasteiger partial charge on any atom is -0.545 e. The number of carboxylic acids is 1. The van der Waals surface area contributed by atoms with Crippen LogP contribution in [0.4, 0.5) is 0 Å². The van der Waals surface area contributed by atoms with E-state index in [1.54, 1.807) is 45.4 Å². The molecule has 0 aliphatic rings. The fourth-order valence-corrected chi connectivity index (χ4v) is 1.41. The van der Waals surface area contributed by atoms with E-state index in [2.05, 4.69) is 0 Å². The Morgan fingerprint density at radius 3 is 2.47 bits per heavy atom. The van der Waals surface area contributed by atoms with E-state index >= 15 is 0 Å². The van der Waals surface area contributed by atoms with E-state index in [0.717, 1.165) is 11.6 Å². The molecule has 4 nitrogen and oxygen atoms in total. The van der Waals surface area contributed by atoms with Crippen LogP contribution < -0.4 is 44.1 Å². The predicted octanol–water partition coefficient (Wildman–Crippen LogP) is -1.58. The van der Waals surface area contributed by atoms with Gasteiger partial charge in [-0.15, -0.1) is 0 Å². The van der Waals surface area contributed by atoms with Gasteiger partial charge in [0.2, 0.25) is 0 Å². The molecule has 0 heterocycles. The number of ether oxygens (including phenoxy) is 2. The first-order chi connectivity index (χ1) is 8.56. The standard InChI is InChI=1S/C14H16O4.Na/c1-10(8-14(15)16)4-5-11-6-7-12(17-2)9-13(11)18-3;/h4-9H,1-3H3,(H,15,16);/q;+1/p-1. The number of hydrogen-bond donors (Lipinski definition) is 0. The van der Waals surface area contributed by atoms with Crippen molar-refractivity contribution in [2.24, 2.45) is 0 Å². The Morgan fingerprint density at radius 2 is 1.95 bits per heavy atom. The molecule has 0 aliphatic carbocycles. The van der Waals surface area contributed by atoms with Crippen molar-refractivity contribution < 1.29 is 48.9 Å². The number of rotatable bonds is 5. The molecule has 0 amide bonds. The monoisotopic (exact) mass is 270 g/mol. The van der Waals surface area contributed by atoms with Crippen molar-refractivity contribution in [1.29, 1.82) is 0 Å². The Morgan fingerprint density at radius 1 is 1.26 bits per heavy atom. The Hall–Kier alpha value is -1.23. The summed E-state index contributed by atoms with van der Waals surface area (Å²) in [6, 6.07) is 5.40. The molecule has 0 saturated heterocycles. The molecule has 0 bridgehead atoms. The van der Waals surface area contributed by atoms with Gasteiger partial charge in [-0.2, -0.15) is 0 Å². The van der Waals surface area contributed by atoms with Gasteiger partial charge in [-0.25, -0.2) is 0 Å². The molecule has 0 aliphatic heterocycles. The molecule has 1 aromatic carbocycles. The summed E-state index contributed by atoms with van der Waals surface area (Å²) in [5.41, 5.74) is 1.43. The Kier molecular flexibility index (Phi) is 8.23. The first-order valence-corrected chi connectivity index (χ1v) is 5.36. The van der Waals surface area contributed by atoms with Gasteiger partial charge in [-0.05, 0) is 30.7 Å². The topological polar surface area (TPSA) is 58.6 Å². The van der Waals surface area contributed by atoms with Gasteiger partial charge in [0.05, 0.1) is 20.2 Å². The second kappa shape index (κ2) is 8.80. The van der Waals surface area contributed by atoms with Crippen molar-refractivity contribution in [1.82, 2.24) is 0 Å². The van der Waals surface area contributed by atoms with Crippen molar-refractivity contribution in [3.8, 4) is 11.5 Å². The zero-order valence-corrected chi connectivity index (χ0v) is 13.6. The van der Waals surface area contributed by atoms with Crippen molar-refractivity contribution in [2.45, 2.75) is 6.92 Å². The molecule has 0 saturated carbocycles. The molecule has 96 valence electrons.